The first kappa shape index (κ1) is 23.4. The molecule has 0 spiro atoms. The summed E-state index contributed by atoms with van der Waals surface area (Å²) in [6.45, 7) is 3.60. The summed E-state index contributed by atoms with van der Waals surface area (Å²) in [5.74, 6) is -0.705. The highest BCUT2D eigenvalue weighted by molar-refractivity contribution is 5.71. The van der Waals surface area contributed by atoms with Gasteiger partial charge >= 0.3 is 0 Å². The predicted molar refractivity (Wildman–Crippen MR) is 131 cm³/mol. The van der Waals surface area contributed by atoms with Gasteiger partial charge in [-0.05, 0) is 92.5 Å². The van der Waals surface area contributed by atoms with Crippen LogP contribution in [-0.2, 0) is 0 Å². The van der Waals surface area contributed by atoms with Crippen molar-refractivity contribution >= 4 is 0 Å². The first-order valence-electron chi connectivity index (χ1n) is 11.9. The van der Waals surface area contributed by atoms with Gasteiger partial charge in [0, 0.05) is 11.1 Å². The molecule has 1 fully saturated rings. The van der Waals surface area contributed by atoms with E-state index >= 15 is 4.39 Å². The molecule has 0 amide bonds. The Bertz CT molecular complexity index is 1120. The fourth-order valence-corrected chi connectivity index (χ4v) is 5.00. The van der Waals surface area contributed by atoms with Crippen LogP contribution >= 0.6 is 0 Å². The second kappa shape index (κ2) is 10.4. The van der Waals surface area contributed by atoms with E-state index in [1.807, 2.05) is 12.1 Å². The standard InChI is InChI=1S/C30H31F3/c1-3-4-5-6-21-8-10-22(11-9-21)25-16-18-26(28(31)19-25)23-12-14-24(15-13-23)27-17-7-20(2)29(32)30(27)33/h3-4,7,12-19,21-22H,5-6,8-11H2,1-2H3/b4-3+. The lowest BCUT2D eigenvalue weighted by Gasteiger charge is -2.28. The predicted octanol–water partition coefficient (Wildman–Crippen LogP) is 9.38. The molecular weight excluding hydrogens is 417 g/mol. The lowest BCUT2D eigenvalue weighted by atomic mass is 9.77. The molecule has 1 aliphatic rings. The van der Waals surface area contributed by atoms with Crippen LogP contribution in [0.3, 0.4) is 0 Å². The monoisotopic (exact) mass is 448 g/mol. The molecule has 0 unspecified atom stereocenters. The van der Waals surface area contributed by atoms with E-state index in [1.165, 1.54) is 26.2 Å². The molecule has 3 aromatic rings. The van der Waals surface area contributed by atoms with Crippen LogP contribution in [0, 0.1) is 30.3 Å². The van der Waals surface area contributed by atoms with E-state index < -0.39 is 11.6 Å². The summed E-state index contributed by atoms with van der Waals surface area (Å²) >= 11 is 0. The van der Waals surface area contributed by atoms with E-state index in [-0.39, 0.29) is 16.9 Å². The Balaban J connectivity index is 1.46. The lowest BCUT2D eigenvalue weighted by molar-refractivity contribution is 0.311. The zero-order valence-electron chi connectivity index (χ0n) is 19.4. The Hall–Kier alpha value is -2.81. The second-order valence-corrected chi connectivity index (χ2v) is 9.24. The van der Waals surface area contributed by atoms with Gasteiger partial charge in [0.25, 0.3) is 0 Å². The minimum Gasteiger partial charge on any atom is -0.206 e. The molecule has 0 radical (unpaired) electrons. The van der Waals surface area contributed by atoms with Gasteiger partial charge in [0.15, 0.2) is 11.6 Å². The summed E-state index contributed by atoms with van der Waals surface area (Å²) in [6, 6.07) is 15.7. The summed E-state index contributed by atoms with van der Waals surface area (Å²) < 4.78 is 43.3. The Kier molecular flexibility index (Phi) is 7.37. The molecule has 0 nitrogen and oxygen atoms in total. The maximum Gasteiger partial charge on any atom is 0.166 e. The highest BCUT2D eigenvalue weighted by atomic mass is 19.2. The fraction of sp³-hybridized carbons (Fsp3) is 0.333. The Morgan fingerprint density at radius 3 is 2.06 bits per heavy atom. The van der Waals surface area contributed by atoms with Gasteiger partial charge < -0.3 is 0 Å². The largest absolute Gasteiger partial charge is 0.206 e. The molecule has 0 aliphatic heterocycles. The van der Waals surface area contributed by atoms with Crippen molar-refractivity contribution in [3.8, 4) is 22.3 Å². The van der Waals surface area contributed by atoms with Crippen LogP contribution < -0.4 is 0 Å². The minimum absolute atomic E-state index is 0.210. The van der Waals surface area contributed by atoms with Gasteiger partial charge in [-0.1, -0.05) is 60.7 Å². The third-order valence-corrected chi connectivity index (χ3v) is 7.07. The molecule has 3 aromatic carbocycles. The number of halogens is 3. The molecule has 33 heavy (non-hydrogen) atoms. The molecule has 0 N–H and O–H groups in total. The topological polar surface area (TPSA) is 0 Å². The molecule has 0 saturated heterocycles. The molecule has 0 atom stereocenters. The summed E-state index contributed by atoms with van der Waals surface area (Å²) in [7, 11) is 0. The third kappa shape index (κ3) is 5.24. The summed E-state index contributed by atoms with van der Waals surface area (Å²) in [5, 5.41) is 0. The molecule has 0 aromatic heterocycles. The van der Waals surface area contributed by atoms with Crippen LogP contribution in [-0.4, -0.2) is 0 Å². The molecule has 4 rings (SSSR count). The van der Waals surface area contributed by atoms with Crippen LogP contribution in [0.15, 0.2) is 66.7 Å². The number of aryl methyl sites for hydroxylation is 1. The van der Waals surface area contributed by atoms with E-state index in [0.29, 0.717) is 17.0 Å². The SMILES string of the molecule is C/C=C/CCC1CCC(c2ccc(-c3ccc(-c4ccc(C)c(F)c4F)cc3)c(F)c2)CC1. The van der Waals surface area contributed by atoms with Crippen LogP contribution in [0.2, 0.25) is 0 Å². The molecule has 1 saturated carbocycles. The van der Waals surface area contributed by atoms with Crippen molar-refractivity contribution in [3.63, 3.8) is 0 Å². The second-order valence-electron chi connectivity index (χ2n) is 9.24. The third-order valence-electron chi connectivity index (χ3n) is 7.07. The molecule has 3 heteroatoms. The highest BCUT2D eigenvalue weighted by Crippen LogP contribution is 2.39. The van der Waals surface area contributed by atoms with Crippen molar-refractivity contribution in [1.29, 1.82) is 0 Å². The maximum atomic E-state index is 15.0. The molecule has 1 aliphatic carbocycles. The Labute approximate surface area is 195 Å². The first-order chi connectivity index (χ1) is 16.0. The quantitative estimate of drug-likeness (QED) is 0.330. The highest BCUT2D eigenvalue weighted by Gasteiger charge is 2.23. The van der Waals surface area contributed by atoms with Crippen LogP contribution in [0.4, 0.5) is 13.2 Å². The van der Waals surface area contributed by atoms with Crippen molar-refractivity contribution in [2.45, 2.75) is 58.3 Å². The number of allylic oxidation sites excluding steroid dienone is 2. The number of hydrogen-bond donors (Lipinski definition) is 0. The molecule has 0 heterocycles. The van der Waals surface area contributed by atoms with Crippen LogP contribution in [0.25, 0.3) is 22.3 Å². The van der Waals surface area contributed by atoms with Crippen molar-refractivity contribution in [2.75, 3.05) is 0 Å². The summed E-state index contributed by atoms with van der Waals surface area (Å²) in [4.78, 5) is 0. The van der Waals surface area contributed by atoms with Gasteiger partial charge in [-0.25, -0.2) is 13.2 Å². The van der Waals surface area contributed by atoms with Gasteiger partial charge in [0.1, 0.15) is 5.82 Å². The maximum absolute atomic E-state index is 15.0. The van der Waals surface area contributed by atoms with Crippen LogP contribution in [0.1, 0.15) is 62.5 Å². The number of hydrogen-bond acceptors (Lipinski definition) is 0. The van der Waals surface area contributed by atoms with Gasteiger partial charge in [0.2, 0.25) is 0 Å². The van der Waals surface area contributed by atoms with Crippen molar-refractivity contribution < 1.29 is 13.2 Å². The fourth-order valence-electron chi connectivity index (χ4n) is 5.00. The zero-order chi connectivity index (χ0) is 23.4. The average Bonchev–Trinajstić information content (AvgIpc) is 2.83. The number of rotatable bonds is 6. The lowest BCUT2D eigenvalue weighted by Crippen LogP contribution is -2.13. The van der Waals surface area contributed by atoms with Gasteiger partial charge in [0.05, 0.1) is 0 Å². The average molecular weight is 449 g/mol. The first-order valence-corrected chi connectivity index (χ1v) is 11.9. The molecule has 172 valence electrons. The van der Waals surface area contributed by atoms with E-state index in [2.05, 4.69) is 19.1 Å². The van der Waals surface area contributed by atoms with Gasteiger partial charge in [-0.2, -0.15) is 0 Å². The minimum atomic E-state index is -0.852. The van der Waals surface area contributed by atoms with Gasteiger partial charge in [-0.3, -0.25) is 0 Å². The molecule has 0 bridgehead atoms. The number of benzene rings is 3. The van der Waals surface area contributed by atoms with E-state index in [4.69, 9.17) is 0 Å². The molecular formula is C30H31F3. The van der Waals surface area contributed by atoms with Crippen molar-refractivity contribution in [2.24, 2.45) is 5.92 Å². The smallest absolute Gasteiger partial charge is 0.166 e. The van der Waals surface area contributed by atoms with Crippen molar-refractivity contribution in [1.82, 2.24) is 0 Å². The van der Waals surface area contributed by atoms with Crippen LogP contribution in [0.5, 0.6) is 0 Å². The van der Waals surface area contributed by atoms with Gasteiger partial charge in [-0.15, -0.1) is 0 Å². The normalized spacial score (nSPS) is 18.7. The Morgan fingerprint density at radius 1 is 0.788 bits per heavy atom. The summed E-state index contributed by atoms with van der Waals surface area (Å²) in [6.07, 6.45) is 11.4. The summed E-state index contributed by atoms with van der Waals surface area (Å²) in [5.41, 5.74) is 3.39. The van der Waals surface area contributed by atoms with E-state index in [1.54, 1.807) is 42.5 Å². The van der Waals surface area contributed by atoms with E-state index in [9.17, 15) is 8.78 Å². The Morgan fingerprint density at radius 2 is 1.42 bits per heavy atom. The zero-order valence-corrected chi connectivity index (χ0v) is 19.4. The van der Waals surface area contributed by atoms with E-state index in [0.717, 1.165) is 36.3 Å². The van der Waals surface area contributed by atoms with Crippen molar-refractivity contribution in [3.05, 3.63) is 95.3 Å².